The number of aryl methyl sites for hydroxylation is 1. The van der Waals surface area contributed by atoms with E-state index in [2.05, 4.69) is 50.4 Å². The number of hydrogen-bond acceptors (Lipinski definition) is 1. The second kappa shape index (κ2) is 7.31. The highest BCUT2D eigenvalue weighted by atomic mass is 35.5. The first kappa shape index (κ1) is 16.4. The van der Waals surface area contributed by atoms with Crippen LogP contribution in [0.15, 0.2) is 42.5 Å². The molecule has 2 rings (SSSR count). The Hall–Kier alpha value is -1.02. The SMILES string of the molecule is CCC(N[C@H](C)c1ccccc1C)c1ccc(Cl)cc1Cl. The zero-order valence-corrected chi connectivity index (χ0v) is 14.2. The average molecular weight is 322 g/mol. The Morgan fingerprint density at radius 3 is 2.38 bits per heavy atom. The zero-order chi connectivity index (χ0) is 15.4. The molecule has 0 heterocycles. The molecule has 0 saturated carbocycles. The van der Waals surface area contributed by atoms with Crippen LogP contribution < -0.4 is 5.32 Å². The van der Waals surface area contributed by atoms with Crippen molar-refractivity contribution in [1.82, 2.24) is 5.32 Å². The van der Waals surface area contributed by atoms with Gasteiger partial charge < -0.3 is 5.32 Å². The van der Waals surface area contributed by atoms with Gasteiger partial charge in [-0.1, -0.05) is 60.5 Å². The van der Waals surface area contributed by atoms with Crippen molar-refractivity contribution in [3.05, 3.63) is 69.2 Å². The topological polar surface area (TPSA) is 12.0 Å². The van der Waals surface area contributed by atoms with Crippen LogP contribution in [0.2, 0.25) is 10.0 Å². The van der Waals surface area contributed by atoms with Crippen LogP contribution in [0.25, 0.3) is 0 Å². The summed E-state index contributed by atoms with van der Waals surface area (Å²) in [6, 6.07) is 14.7. The van der Waals surface area contributed by atoms with Gasteiger partial charge in [0.1, 0.15) is 0 Å². The number of hydrogen-bond donors (Lipinski definition) is 1. The molecule has 2 aromatic rings. The van der Waals surface area contributed by atoms with Crippen LogP contribution >= 0.6 is 23.2 Å². The minimum Gasteiger partial charge on any atom is -0.303 e. The van der Waals surface area contributed by atoms with Crippen molar-refractivity contribution < 1.29 is 0 Å². The first-order valence-corrected chi connectivity index (χ1v) is 8.05. The maximum Gasteiger partial charge on any atom is 0.0468 e. The van der Waals surface area contributed by atoms with E-state index in [-0.39, 0.29) is 12.1 Å². The van der Waals surface area contributed by atoms with E-state index in [0.29, 0.717) is 5.02 Å². The van der Waals surface area contributed by atoms with Crippen molar-refractivity contribution >= 4 is 23.2 Å². The van der Waals surface area contributed by atoms with E-state index in [4.69, 9.17) is 23.2 Å². The van der Waals surface area contributed by atoms with Crippen LogP contribution in [0.4, 0.5) is 0 Å². The van der Waals surface area contributed by atoms with E-state index >= 15 is 0 Å². The molecule has 0 spiro atoms. The third-order valence-corrected chi connectivity index (χ3v) is 4.41. The molecule has 0 aromatic heterocycles. The quantitative estimate of drug-likeness (QED) is 0.701. The summed E-state index contributed by atoms with van der Waals surface area (Å²) >= 11 is 12.3. The summed E-state index contributed by atoms with van der Waals surface area (Å²) in [5.74, 6) is 0. The van der Waals surface area contributed by atoms with Crippen LogP contribution in [-0.2, 0) is 0 Å². The third-order valence-electron chi connectivity index (χ3n) is 3.85. The molecule has 0 aliphatic rings. The summed E-state index contributed by atoms with van der Waals surface area (Å²) in [7, 11) is 0. The number of benzene rings is 2. The monoisotopic (exact) mass is 321 g/mol. The van der Waals surface area contributed by atoms with Gasteiger partial charge in [-0.15, -0.1) is 0 Å². The molecule has 0 bridgehead atoms. The molecule has 0 aliphatic heterocycles. The second-order valence-electron chi connectivity index (χ2n) is 5.37. The summed E-state index contributed by atoms with van der Waals surface area (Å²) in [6.45, 7) is 6.49. The molecule has 112 valence electrons. The molecule has 2 aromatic carbocycles. The van der Waals surface area contributed by atoms with E-state index in [1.807, 2.05) is 12.1 Å². The molecular weight excluding hydrogens is 301 g/mol. The largest absolute Gasteiger partial charge is 0.303 e. The normalized spacial score (nSPS) is 14.0. The summed E-state index contributed by atoms with van der Waals surface area (Å²) in [5, 5.41) is 5.07. The van der Waals surface area contributed by atoms with Gasteiger partial charge >= 0.3 is 0 Å². The molecule has 0 radical (unpaired) electrons. The van der Waals surface area contributed by atoms with Crippen molar-refractivity contribution in [2.24, 2.45) is 0 Å². The molecule has 3 heteroatoms. The van der Waals surface area contributed by atoms with Crippen LogP contribution in [-0.4, -0.2) is 0 Å². The number of halogens is 2. The van der Waals surface area contributed by atoms with E-state index in [0.717, 1.165) is 17.0 Å². The minimum atomic E-state index is 0.212. The Kier molecular flexibility index (Phi) is 5.69. The maximum atomic E-state index is 6.34. The standard InChI is InChI=1S/C18H21Cl2N/c1-4-18(16-10-9-14(19)11-17(16)20)21-13(3)15-8-6-5-7-12(15)2/h5-11,13,18,21H,4H2,1-3H3/t13-,18?/m1/s1. The second-order valence-corrected chi connectivity index (χ2v) is 6.22. The van der Waals surface area contributed by atoms with Gasteiger partial charge in [-0.25, -0.2) is 0 Å². The van der Waals surface area contributed by atoms with Gasteiger partial charge in [-0.05, 0) is 49.1 Å². The summed E-state index contributed by atoms with van der Waals surface area (Å²) in [6.07, 6.45) is 0.970. The zero-order valence-electron chi connectivity index (χ0n) is 12.7. The van der Waals surface area contributed by atoms with Gasteiger partial charge in [0, 0.05) is 22.1 Å². The predicted molar refractivity (Wildman–Crippen MR) is 92.2 cm³/mol. The van der Waals surface area contributed by atoms with E-state index < -0.39 is 0 Å². The molecule has 1 N–H and O–H groups in total. The summed E-state index contributed by atoms with van der Waals surface area (Å²) in [4.78, 5) is 0. The maximum absolute atomic E-state index is 6.34. The van der Waals surface area contributed by atoms with Crippen LogP contribution in [0.5, 0.6) is 0 Å². The highest BCUT2D eigenvalue weighted by Crippen LogP contribution is 2.30. The van der Waals surface area contributed by atoms with E-state index in [1.54, 1.807) is 6.07 Å². The first-order valence-electron chi connectivity index (χ1n) is 7.29. The first-order chi connectivity index (χ1) is 10.0. The van der Waals surface area contributed by atoms with Crippen molar-refractivity contribution in [3.63, 3.8) is 0 Å². The molecule has 0 amide bonds. The van der Waals surface area contributed by atoms with Gasteiger partial charge in [0.05, 0.1) is 0 Å². The van der Waals surface area contributed by atoms with Crippen molar-refractivity contribution in [2.75, 3.05) is 0 Å². The molecule has 21 heavy (non-hydrogen) atoms. The Balaban J connectivity index is 2.21. The minimum absolute atomic E-state index is 0.212. The molecule has 1 unspecified atom stereocenters. The molecule has 2 atom stereocenters. The Morgan fingerprint density at radius 1 is 1.05 bits per heavy atom. The Morgan fingerprint density at radius 2 is 1.76 bits per heavy atom. The molecule has 0 fully saturated rings. The summed E-state index contributed by atoms with van der Waals surface area (Å²) in [5.41, 5.74) is 3.72. The number of nitrogens with one attached hydrogen (secondary N) is 1. The average Bonchev–Trinajstić information content (AvgIpc) is 2.45. The van der Waals surface area contributed by atoms with Gasteiger partial charge in [-0.3, -0.25) is 0 Å². The van der Waals surface area contributed by atoms with Gasteiger partial charge in [-0.2, -0.15) is 0 Å². The van der Waals surface area contributed by atoms with Gasteiger partial charge in [0.15, 0.2) is 0 Å². The van der Waals surface area contributed by atoms with Crippen molar-refractivity contribution in [1.29, 1.82) is 0 Å². The molecule has 0 saturated heterocycles. The predicted octanol–water partition coefficient (Wildman–Crippen LogP) is 6.10. The fraction of sp³-hybridized carbons (Fsp3) is 0.333. The third kappa shape index (κ3) is 4.00. The fourth-order valence-corrected chi connectivity index (χ4v) is 3.22. The molecule has 0 aliphatic carbocycles. The molecular formula is C18H21Cl2N. The van der Waals surface area contributed by atoms with E-state index in [9.17, 15) is 0 Å². The lowest BCUT2D eigenvalue weighted by atomic mass is 9.99. The fourth-order valence-electron chi connectivity index (χ4n) is 2.68. The van der Waals surface area contributed by atoms with Crippen molar-refractivity contribution in [3.8, 4) is 0 Å². The Bertz CT molecular complexity index is 610. The van der Waals surface area contributed by atoms with Crippen LogP contribution in [0.1, 0.15) is 49.0 Å². The van der Waals surface area contributed by atoms with Crippen LogP contribution in [0.3, 0.4) is 0 Å². The van der Waals surface area contributed by atoms with Gasteiger partial charge in [0.2, 0.25) is 0 Å². The number of rotatable bonds is 5. The lowest BCUT2D eigenvalue weighted by Crippen LogP contribution is -2.25. The lowest BCUT2D eigenvalue weighted by molar-refractivity contribution is 0.455. The lowest BCUT2D eigenvalue weighted by Gasteiger charge is -2.25. The summed E-state index contributed by atoms with van der Waals surface area (Å²) < 4.78 is 0. The smallest absolute Gasteiger partial charge is 0.0468 e. The van der Waals surface area contributed by atoms with Crippen LogP contribution in [0, 0.1) is 6.92 Å². The Labute approximate surface area is 137 Å². The van der Waals surface area contributed by atoms with Gasteiger partial charge in [0.25, 0.3) is 0 Å². The van der Waals surface area contributed by atoms with Crippen molar-refractivity contribution in [2.45, 2.75) is 39.3 Å². The highest BCUT2D eigenvalue weighted by molar-refractivity contribution is 6.35. The highest BCUT2D eigenvalue weighted by Gasteiger charge is 2.17. The van der Waals surface area contributed by atoms with E-state index in [1.165, 1.54) is 11.1 Å². The molecule has 1 nitrogen and oxygen atoms in total.